The number of hydrogen-bond donors (Lipinski definition) is 2. The van der Waals surface area contributed by atoms with Crippen molar-refractivity contribution in [3.05, 3.63) is 0 Å². The summed E-state index contributed by atoms with van der Waals surface area (Å²) in [6.07, 6.45) is 5.83. The Hall–Kier alpha value is -0.810. The number of nitrogens with zero attached hydrogens (tertiary/aromatic N) is 1. The molecule has 0 aromatic carbocycles. The topological polar surface area (TPSA) is 61.8 Å². The lowest BCUT2D eigenvalue weighted by molar-refractivity contribution is 0.0700. The van der Waals surface area contributed by atoms with Crippen molar-refractivity contribution in [3.8, 4) is 0 Å². The molecule has 0 aromatic heterocycles. The molecule has 2 aliphatic rings. The standard InChI is InChI=1S/C14H26N2O3/c1-2-19-14(18)16-9-7-11(8-10-16)15-12-5-3-4-6-13(12)17/h11-13,15,17H,2-10H2,1H3. The van der Waals surface area contributed by atoms with Crippen LogP contribution >= 0.6 is 0 Å². The zero-order valence-electron chi connectivity index (χ0n) is 11.8. The molecule has 2 atom stereocenters. The predicted molar refractivity (Wildman–Crippen MR) is 73.0 cm³/mol. The number of piperidine rings is 1. The minimum absolute atomic E-state index is 0.196. The molecule has 0 aromatic rings. The van der Waals surface area contributed by atoms with Crippen LogP contribution < -0.4 is 5.32 Å². The molecule has 2 fully saturated rings. The van der Waals surface area contributed by atoms with Crippen molar-refractivity contribution in [1.82, 2.24) is 10.2 Å². The normalized spacial score (nSPS) is 29.3. The summed E-state index contributed by atoms with van der Waals surface area (Å²) in [5, 5.41) is 13.5. The van der Waals surface area contributed by atoms with Crippen LogP contribution in [-0.2, 0) is 4.74 Å². The third kappa shape index (κ3) is 4.08. The van der Waals surface area contributed by atoms with E-state index in [9.17, 15) is 9.90 Å². The highest BCUT2D eigenvalue weighted by molar-refractivity contribution is 5.67. The van der Waals surface area contributed by atoms with E-state index in [0.717, 1.165) is 45.2 Å². The number of rotatable bonds is 3. The van der Waals surface area contributed by atoms with Gasteiger partial charge in [-0.2, -0.15) is 0 Å². The summed E-state index contributed by atoms with van der Waals surface area (Å²) in [6.45, 7) is 3.76. The number of amides is 1. The second kappa shape index (κ2) is 7.10. The summed E-state index contributed by atoms with van der Waals surface area (Å²) in [5.41, 5.74) is 0. The number of likely N-dealkylation sites (tertiary alicyclic amines) is 1. The number of aliphatic hydroxyl groups excluding tert-OH is 1. The van der Waals surface area contributed by atoms with Crippen LogP contribution in [-0.4, -0.2) is 54.0 Å². The molecule has 1 heterocycles. The molecular formula is C14H26N2O3. The van der Waals surface area contributed by atoms with Gasteiger partial charge < -0.3 is 20.1 Å². The zero-order chi connectivity index (χ0) is 13.7. The zero-order valence-corrected chi connectivity index (χ0v) is 11.8. The monoisotopic (exact) mass is 270 g/mol. The van der Waals surface area contributed by atoms with Gasteiger partial charge in [0.1, 0.15) is 0 Å². The maximum Gasteiger partial charge on any atom is 0.409 e. The molecule has 0 spiro atoms. The quantitative estimate of drug-likeness (QED) is 0.816. The van der Waals surface area contributed by atoms with Gasteiger partial charge in [0.2, 0.25) is 0 Å². The fourth-order valence-corrected chi connectivity index (χ4v) is 3.05. The first-order chi connectivity index (χ1) is 9.20. The number of nitrogens with one attached hydrogen (secondary N) is 1. The summed E-state index contributed by atoms with van der Waals surface area (Å²) in [7, 11) is 0. The Kier molecular flexibility index (Phi) is 5.45. The lowest BCUT2D eigenvalue weighted by atomic mass is 9.91. The molecule has 2 rings (SSSR count). The summed E-state index contributed by atoms with van der Waals surface area (Å²) in [4.78, 5) is 13.4. The van der Waals surface area contributed by atoms with E-state index in [1.165, 1.54) is 6.42 Å². The molecule has 1 saturated heterocycles. The van der Waals surface area contributed by atoms with Gasteiger partial charge in [0.05, 0.1) is 12.7 Å². The van der Waals surface area contributed by atoms with E-state index in [1.54, 1.807) is 4.90 Å². The Morgan fingerprint density at radius 1 is 1.26 bits per heavy atom. The number of carbonyl (C=O) groups excluding carboxylic acids is 1. The van der Waals surface area contributed by atoms with Crippen LogP contribution in [0.25, 0.3) is 0 Å². The van der Waals surface area contributed by atoms with Crippen LogP contribution in [0, 0.1) is 0 Å². The van der Waals surface area contributed by atoms with Gasteiger partial charge in [0, 0.05) is 25.2 Å². The Bertz CT molecular complexity index is 290. The van der Waals surface area contributed by atoms with E-state index in [-0.39, 0.29) is 18.2 Å². The highest BCUT2D eigenvalue weighted by Gasteiger charge is 2.28. The van der Waals surface area contributed by atoms with Gasteiger partial charge in [-0.25, -0.2) is 4.79 Å². The lowest BCUT2D eigenvalue weighted by Gasteiger charge is -2.36. The third-order valence-electron chi connectivity index (χ3n) is 4.20. The molecule has 19 heavy (non-hydrogen) atoms. The second-order valence-corrected chi connectivity index (χ2v) is 5.59. The molecule has 1 amide bonds. The molecule has 0 bridgehead atoms. The van der Waals surface area contributed by atoms with Crippen LogP contribution in [0.15, 0.2) is 0 Å². The highest BCUT2D eigenvalue weighted by atomic mass is 16.6. The van der Waals surface area contributed by atoms with Crippen molar-refractivity contribution in [2.24, 2.45) is 0 Å². The summed E-state index contributed by atoms with van der Waals surface area (Å²) < 4.78 is 5.01. The maximum atomic E-state index is 11.6. The van der Waals surface area contributed by atoms with E-state index in [4.69, 9.17) is 4.74 Å². The van der Waals surface area contributed by atoms with Gasteiger partial charge in [-0.15, -0.1) is 0 Å². The van der Waals surface area contributed by atoms with E-state index in [1.807, 2.05) is 6.92 Å². The molecule has 5 nitrogen and oxygen atoms in total. The van der Waals surface area contributed by atoms with E-state index < -0.39 is 0 Å². The summed E-state index contributed by atoms with van der Waals surface area (Å²) in [5.74, 6) is 0. The number of carbonyl (C=O) groups is 1. The van der Waals surface area contributed by atoms with Crippen LogP contribution in [0.4, 0.5) is 4.79 Å². The van der Waals surface area contributed by atoms with Gasteiger partial charge >= 0.3 is 6.09 Å². The van der Waals surface area contributed by atoms with E-state index in [2.05, 4.69) is 5.32 Å². The maximum absolute atomic E-state index is 11.6. The molecule has 1 saturated carbocycles. The van der Waals surface area contributed by atoms with Gasteiger partial charge in [-0.05, 0) is 32.6 Å². The van der Waals surface area contributed by atoms with E-state index in [0.29, 0.717) is 12.6 Å². The summed E-state index contributed by atoms with van der Waals surface area (Å²) in [6, 6.07) is 0.663. The molecule has 5 heteroatoms. The third-order valence-corrected chi connectivity index (χ3v) is 4.20. The van der Waals surface area contributed by atoms with Crippen LogP contribution in [0.2, 0.25) is 0 Å². The summed E-state index contributed by atoms with van der Waals surface area (Å²) >= 11 is 0. The van der Waals surface area contributed by atoms with Gasteiger partial charge in [0.15, 0.2) is 0 Å². The molecular weight excluding hydrogens is 244 g/mol. The van der Waals surface area contributed by atoms with Crippen molar-refractivity contribution in [3.63, 3.8) is 0 Å². The molecule has 2 unspecified atom stereocenters. The van der Waals surface area contributed by atoms with Gasteiger partial charge in [-0.3, -0.25) is 0 Å². The average Bonchev–Trinajstić information content (AvgIpc) is 2.42. The van der Waals surface area contributed by atoms with Crippen LogP contribution in [0.1, 0.15) is 45.4 Å². The number of ether oxygens (including phenoxy) is 1. The van der Waals surface area contributed by atoms with Gasteiger partial charge in [-0.1, -0.05) is 12.8 Å². The Labute approximate surface area is 115 Å². The predicted octanol–water partition coefficient (Wildman–Crippen LogP) is 1.50. The molecule has 110 valence electrons. The fraction of sp³-hybridized carbons (Fsp3) is 0.929. The highest BCUT2D eigenvalue weighted by Crippen LogP contribution is 2.21. The first-order valence-corrected chi connectivity index (χ1v) is 7.56. The van der Waals surface area contributed by atoms with Gasteiger partial charge in [0.25, 0.3) is 0 Å². The van der Waals surface area contributed by atoms with Crippen molar-refractivity contribution < 1.29 is 14.6 Å². The number of hydrogen-bond acceptors (Lipinski definition) is 4. The first-order valence-electron chi connectivity index (χ1n) is 7.56. The van der Waals surface area contributed by atoms with Crippen molar-refractivity contribution in [2.45, 2.75) is 63.6 Å². The van der Waals surface area contributed by atoms with Crippen LogP contribution in [0.3, 0.4) is 0 Å². The molecule has 1 aliphatic carbocycles. The fourth-order valence-electron chi connectivity index (χ4n) is 3.05. The van der Waals surface area contributed by atoms with Crippen LogP contribution in [0.5, 0.6) is 0 Å². The van der Waals surface area contributed by atoms with Crippen molar-refractivity contribution in [1.29, 1.82) is 0 Å². The molecule has 1 aliphatic heterocycles. The minimum atomic E-state index is -0.197. The number of aliphatic hydroxyl groups is 1. The smallest absolute Gasteiger partial charge is 0.409 e. The second-order valence-electron chi connectivity index (χ2n) is 5.59. The Morgan fingerprint density at radius 3 is 2.58 bits per heavy atom. The minimum Gasteiger partial charge on any atom is -0.450 e. The Morgan fingerprint density at radius 2 is 1.95 bits per heavy atom. The van der Waals surface area contributed by atoms with E-state index >= 15 is 0 Å². The molecule has 2 N–H and O–H groups in total. The first kappa shape index (κ1) is 14.6. The van der Waals surface area contributed by atoms with Crippen molar-refractivity contribution >= 4 is 6.09 Å². The SMILES string of the molecule is CCOC(=O)N1CCC(NC2CCCCC2O)CC1. The van der Waals surface area contributed by atoms with Crippen molar-refractivity contribution in [2.75, 3.05) is 19.7 Å². The largest absolute Gasteiger partial charge is 0.450 e. The Balaban J connectivity index is 1.72. The molecule has 0 radical (unpaired) electrons. The average molecular weight is 270 g/mol. The lowest BCUT2D eigenvalue weighted by Crippen LogP contribution is -2.51.